The van der Waals surface area contributed by atoms with E-state index in [1.54, 1.807) is 0 Å². The first kappa shape index (κ1) is 17.9. The molecule has 2 bridgehead atoms. The number of rotatable bonds is 5. The molecule has 3 heteroatoms. The van der Waals surface area contributed by atoms with Gasteiger partial charge in [-0.2, -0.15) is 0 Å². The number of hydrogen-bond donors (Lipinski definition) is 0. The number of likely N-dealkylation sites (tertiary alicyclic amines) is 1. The van der Waals surface area contributed by atoms with Crippen molar-refractivity contribution in [1.82, 2.24) is 14.7 Å². The summed E-state index contributed by atoms with van der Waals surface area (Å²) in [5, 5.41) is 0. The van der Waals surface area contributed by atoms with Gasteiger partial charge in [-0.25, -0.2) is 0 Å². The summed E-state index contributed by atoms with van der Waals surface area (Å²) in [5.41, 5.74) is 1.46. The average Bonchev–Trinajstić information content (AvgIpc) is 3.33. The quantitative estimate of drug-likeness (QED) is 0.740. The molecule has 27 heavy (non-hydrogen) atoms. The first-order valence-corrected chi connectivity index (χ1v) is 11.2. The summed E-state index contributed by atoms with van der Waals surface area (Å²) in [5.74, 6) is 2.78. The van der Waals surface area contributed by atoms with Gasteiger partial charge in [0.1, 0.15) is 0 Å². The molecular weight excluding hydrogens is 330 g/mol. The Labute approximate surface area is 165 Å². The largest absolute Gasteiger partial charge is 0.300 e. The molecule has 4 aliphatic rings. The van der Waals surface area contributed by atoms with Crippen molar-refractivity contribution in [1.29, 1.82) is 0 Å². The lowest BCUT2D eigenvalue weighted by molar-refractivity contribution is 0.0505. The Hall–Kier alpha value is -1.16. The number of fused-ring (bicyclic) bond motifs is 2. The van der Waals surface area contributed by atoms with Crippen molar-refractivity contribution < 1.29 is 0 Å². The van der Waals surface area contributed by atoms with Crippen molar-refractivity contribution in [3.63, 3.8) is 0 Å². The van der Waals surface area contributed by atoms with E-state index in [0.717, 1.165) is 30.3 Å². The van der Waals surface area contributed by atoms with E-state index in [2.05, 4.69) is 57.2 Å². The highest BCUT2D eigenvalue weighted by Crippen LogP contribution is 2.43. The van der Waals surface area contributed by atoms with Crippen LogP contribution in [0.4, 0.5) is 0 Å². The van der Waals surface area contributed by atoms with Gasteiger partial charge in [0, 0.05) is 45.3 Å². The zero-order valence-electron chi connectivity index (χ0n) is 16.7. The second-order valence-corrected chi connectivity index (χ2v) is 9.37. The number of allylic oxidation sites excluding steroid dienone is 2. The fourth-order valence-electron chi connectivity index (χ4n) is 6.03. The van der Waals surface area contributed by atoms with Gasteiger partial charge in [-0.05, 0) is 62.1 Å². The maximum absolute atomic E-state index is 2.80. The van der Waals surface area contributed by atoms with Crippen LogP contribution < -0.4 is 0 Å². The molecule has 0 N–H and O–H groups in total. The third-order valence-electron chi connectivity index (χ3n) is 7.64. The Morgan fingerprint density at radius 2 is 1.56 bits per heavy atom. The molecule has 1 aromatic carbocycles. The van der Waals surface area contributed by atoms with Gasteiger partial charge in [0.2, 0.25) is 0 Å². The van der Waals surface area contributed by atoms with Crippen LogP contribution in [0.5, 0.6) is 0 Å². The smallest absolute Gasteiger partial charge is 0.0233 e. The molecule has 2 aliphatic carbocycles. The van der Waals surface area contributed by atoms with Crippen molar-refractivity contribution in [3.8, 4) is 0 Å². The lowest BCUT2D eigenvalue weighted by atomic mass is 9.93. The van der Waals surface area contributed by atoms with Crippen LogP contribution in [-0.4, -0.2) is 66.6 Å². The Morgan fingerprint density at radius 3 is 2.22 bits per heavy atom. The second kappa shape index (κ2) is 8.06. The predicted octanol–water partition coefficient (Wildman–Crippen LogP) is 3.48. The predicted molar refractivity (Wildman–Crippen MR) is 112 cm³/mol. The average molecular weight is 366 g/mol. The van der Waals surface area contributed by atoms with E-state index in [1.165, 1.54) is 77.1 Å². The molecule has 3 fully saturated rings. The van der Waals surface area contributed by atoms with Gasteiger partial charge in [-0.1, -0.05) is 42.5 Å². The van der Waals surface area contributed by atoms with E-state index < -0.39 is 0 Å². The minimum Gasteiger partial charge on any atom is -0.300 e. The number of nitrogens with zero attached hydrogens (tertiary/aromatic N) is 3. The normalized spacial score (nSPS) is 33.1. The van der Waals surface area contributed by atoms with Crippen molar-refractivity contribution in [2.24, 2.45) is 17.8 Å². The second-order valence-electron chi connectivity index (χ2n) is 9.37. The molecule has 0 radical (unpaired) electrons. The molecule has 146 valence electrons. The van der Waals surface area contributed by atoms with Crippen molar-refractivity contribution in [3.05, 3.63) is 48.0 Å². The molecule has 1 saturated carbocycles. The molecule has 2 aliphatic heterocycles. The van der Waals surface area contributed by atoms with E-state index in [9.17, 15) is 0 Å². The molecule has 2 heterocycles. The summed E-state index contributed by atoms with van der Waals surface area (Å²) in [7, 11) is 0. The van der Waals surface area contributed by atoms with E-state index >= 15 is 0 Å². The molecule has 0 spiro atoms. The summed E-state index contributed by atoms with van der Waals surface area (Å²) in [6.07, 6.45) is 10.6. The zero-order valence-corrected chi connectivity index (χ0v) is 16.7. The third kappa shape index (κ3) is 4.16. The van der Waals surface area contributed by atoms with Gasteiger partial charge in [0.05, 0.1) is 0 Å². The van der Waals surface area contributed by atoms with Crippen LogP contribution in [0.25, 0.3) is 0 Å². The monoisotopic (exact) mass is 365 g/mol. The summed E-state index contributed by atoms with van der Waals surface area (Å²) in [4.78, 5) is 8.21. The summed E-state index contributed by atoms with van der Waals surface area (Å²) in [6, 6.07) is 11.8. The molecule has 3 nitrogen and oxygen atoms in total. The maximum atomic E-state index is 2.80. The fourth-order valence-corrected chi connectivity index (χ4v) is 6.03. The van der Waals surface area contributed by atoms with E-state index in [4.69, 9.17) is 0 Å². The van der Waals surface area contributed by atoms with Gasteiger partial charge in [-0.15, -0.1) is 0 Å². The first-order chi connectivity index (χ1) is 13.3. The minimum atomic E-state index is 0.824. The molecule has 0 amide bonds. The van der Waals surface area contributed by atoms with Crippen LogP contribution in [-0.2, 0) is 6.54 Å². The van der Waals surface area contributed by atoms with Crippen LogP contribution >= 0.6 is 0 Å². The van der Waals surface area contributed by atoms with Crippen molar-refractivity contribution in [2.75, 3.05) is 45.8 Å². The van der Waals surface area contributed by atoms with Crippen LogP contribution in [0.3, 0.4) is 0 Å². The highest BCUT2D eigenvalue weighted by molar-refractivity contribution is 5.14. The Balaban J connectivity index is 1.04. The SMILES string of the molecule is C1=C[C@H]2C[C@H]1C[C@@H]2CN1CCN(C2CCN(Cc3ccccc3)CC2)CC1. The zero-order chi connectivity index (χ0) is 18.1. The summed E-state index contributed by atoms with van der Waals surface area (Å²) >= 11 is 0. The fraction of sp³-hybridized carbons (Fsp3) is 0.667. The standard InChI is InChI=1S/C24H35N3/c1-2-4-20(5-3-1)18-25-10-8-24(9-11-25)27-14-12-26(13-15-27)19-23-17-21-6-7-22(23)16-21/h1-7,21-24H,8-19H2/t21-,22-,23+/m0/s1. The highest BCUT2D eigenvalue weighted by Gasteiger charge is 2.37. The van der Waals surface area contributed by atoms with Gasteiger partial charge < -0.3 is 4.90 Å². The Morgan fingerprint density at radius 1 is 0.778 bits per heavy atom. The van der Waals surface area contributed by atoms with E-state index in [0.29, 0.717) is 0 Å². The molecule has 2 saturated heterocycles. The van der Waals surface area contributed by atoms with Crippen LogP contribution in [0.15, 0.2) is 42.5 Å². The number of piperidine rings is 1. The molecule has 0 unspecified atom stereocenters. The van der Waals surface area contributed by atoms with Gasteiger partial charge in [0.25, 0.3) is 0 Å². The first-order valence-electron chi connectivity index (χ1n) is 11.2. The highest BCUT2D eigenvalue weighted by atomic mass is 15.3. The van der Waals surface area contributed by atoms with Gasteiger partial charge in [-0.3, -0.25) is 9.80 Å². The number of hydrogen-bond acceptors (Lipinski definition) is 3. The van der Waals surface area contributed by atoms with Crippen LogP contribution in [0.2, 0.25) is 0 Å². The number of piperazine rings is 1. The lowest BCUT2D eigenvalue weighted by Crippen LogP contribution is -2.53. The topological polar surface area (TPSA) is 9.72 Å². The Bertz CT molecular complexity index is 626. The summed E-state index contributed by atoms with van der Waals surface area (Å²) < 4.78 is 0. The van der Waals surface area contributed by atoms with Crippen molar-refractivity contribution >= 4 is 0 Å². The number of benzene rings is 1. The van der Waals surface area contributed by atoms with Crippen LogP contribution in [0.1, 0.15) is 31.2 Å². The Kier molecular flexibility index (Phi) is 5.35. The molecule has 0 aromatic heterocycles. The van der Waals surface area contributed by atoms with E-state index in [1.807, 2.05) is 0 Å². The van der Waals surface area contributed by atoms with E-state index in [-0.39, 0.29) is 0 Å². The summed E-state index contributed by atoms with van der Waals surface area (Å²) in [6.45, 7) is 10.2. The van der Waals surface area contributed by atoms with Gasteiger partial charge in [0.15, 0.2) is 0 Å². The molecule has 3 atom stereocenters. The maximum Gasteiger partial charge on any atom is 0.0233 e. The van der Waals surface area contributed by atoms with Gasteiger partial charge >= 0.3 is 0 Å². The molecular formula is C24H35N3. The third-order valence-corrected chi connectivity index (χ3v) is 7.64. The lowest BCUT2D eigenvalue weighted by Gasteiger charge is -2.43. The molecule has 1 aromatic rings. The minimum absolute atomic E-state index is 0.824. The van der Waals surface area contributed by atoms with Crippen LogP contribution in [0, 0.1) is 17.8 Å². The molecule has 5 rings (SSSR count). The van der Waals surface area contributed by atoms with Crippen molar-refractivity contribution in [2.45, 2.75) is 38.3 Å².